The zero-order valence-corrected chi connectivity index (χ0v) is 21.6. The standard InChI is InChI=1S/C28H27ClN2O4S/c1-19(21-6-4-3-5-7-21)31(28(33)22-9-11-23(29)12-10-22)15-20-8-13-25(34-2)26(14-20)35-17-27-30-24(16-32)18-36-27/h3-14,18-19,32H,15-17H2,1-2H3. The van der Waals surface area contributed by atoms with Crippen LogP contribution in [-0.4, -0.2) is 28.0 Å². The number of benzene rings is 3. The highest BCUT2D eigenvalue weighted by Gasteiger charge is 2.24. The first-order chi connectivity index (χ1) is 17.5. The minimum atomic E-state index is -0.173. The summed E-state index contributed by atoms with van der Waals surface area (Å²) in [6.45, 7) is 2.53. The molecule has 0 radical (unpaired) electrons. The summed E-state index contributed by atoms with van der Waals surface area (Å²) in [7, 11) is 1.59. The number of aliphatic hydroxyl groups is 1. The van der Waals surface area contributed by atoms with Crippen LogP contribution < -0.4 is 9.47 Å². The van der Waals surface area contributed by atoms with Crippen molar-refractivity contribution in [2.24, 2.45) is 0 Å². The van der Waals surface area contributed by atoms with E-state index in [2.05, 4.69) is 4.98 Å². The molecule has 6 nitrogen and oxygen atoms in total. The molecule has 186 valence electrons. The molecule has 3 aromatic carbocycles. The van der Waals surface area contributed by atoms with Crippen LogP contribution in [0.2, 0.25) is 5.02 Å². The number of thiazole rings is 1. The highest BCUT2D eigenvalue weighted by molar-refractivity contribution is 7.09. The molecule has 1 N–H and O–H groups in total. The number of methoxy groups -OCH3 is 1. The molecule has 1 amide bonds. The lowest BCUT2D eigenvalue weighted by Crippen LogP contribution is -2.33. The summed E-state index contributed by atoms with van der Waals surface area (Å²) in [5.41, 5.74) is 3.11. The zero-order valence-electron chi connectivity index (χ0n) is 20.1. The first-order valence-corrected chi connectivity index (χ1v) is 12.7. The van der Waals surface area contributed by atoms with Crippen molar-refractivity contribution in [2.75, 3.05) is 7.11 Å². The summed E-state index contributed by atoms with van der Waals surface area (Å²) in [5, 5.41) is 12.4. The Morgan fingerprint density at radius 3 is 2.50 bits per heavy atom. The zero-order chi connectivity index (χ0) is 25.5. The maximum absolute atomic E-state index is 13.6. The predicted molar refractivity (Wildman–Crippen MR) is 142 cm³/mol. The smallest absolute Gasteiger partial charge is 0.254 e. The Morgan fingerprint density at radius 2 is 1.83 bits per heavy atom. The molecule has 0 aliphatic heterocycles. The molecule has 0 saturated heterocycles. The van der Waals surface area contributed by atoms with Gasteiger partial charge in [-0.05, 0) is 54.4 Å². The van der Waals surface area contributed by atoms with Crippen molar-refractivity contribution >= 4 is 28.8 Å². The van der Waals surface area contributed by atoms with Crippen LogP contribution in [0.5, 0.6) is 11.5 Å². The van der Waals surface area contributed by atoms with E-state index >= 15 is 0 Å². The van der Waals surface area contributed by atoms with Gasteiger partial charge in [0.2, 0.25) is 0 Å². The number of nitrogens with zero attached hydrogens (tertiary/aromatic N) is 2. The van der Waals surface area contributed by atoms with Crippen LogP contribution in [0.25, 0.3) is 0 Å². The number of hydrogen-bond acceptors (Lipinski definition) is 6. The fraction of sp³-hybridized carbons (Fsp3) is 0.214. The average Bonchev–Trinajstić information content (AvgIpc) is 3.39. The molecule has 1 heterocycles. The fourth-order valence-corrected chi connectivity index (χ4v) is 4.63. The second-order valence-corrected chi connectivity index (χ2v) is 9.57. The van der Waals surface area contributed by atoms with Gasteiger partial charge in [-0.1, -0.05) is 48.0 Å². The summed E-state index contributed by atoms with van der Waals surface area (Å²) < 4.78 is 11.5. The number of ether oxygens (including phenoxy) is 2. The van der Waals surface area contributed by atoms with Crippen molar-refractivity contribution in [1.29, 1.82) is 0 Å². The number of carbonyl (C=O) groups excluding carboxylic acids is 1. The van der Waals surface area contributed by atoms with Gasteiger partial charge in [0.1, 0.15) is 11.6 Å². The number of halogens is 1. The molecular weight excluding hydrogens is 496 g/mol. The van der Waals surface area contributed by atoms with Crippen LogP contribution in [0.4, 0.5) is 0 Å². The summed E-state index contributed by atoms with van der Waals surface area (Å²) in [6.07, 6.45) is 0. The lowest BCUT2D eigenvalue weighted by atomic mass is 10.0. The Morgan fingerprint density at radius 1 is 1.08 bits per heavy atom. The molecule has 1 aromatic heterocycles. The van der Waals surface area contributed by atoms with Gasteiger partial charge in [-0.3, -0.25) is 4.79 Å². The minimum Gasteiger partial charge on any atom is -0.493 e. The highest BCUT2D eigenvalue weighted by atomic mass is 35.5. The summed E-state index contributed by atoms with van der Waals surface area (Å²) >= 11 is 7.47. The van der Waals surface area contributed by atoms with Crippen LogP contribution in [0, 0.1) is 0 Å². The molecule has 0 spiro atoms. The lowest BCUT2D eigenvalue weighted by molar-refractivity contribution is 0.0674. The Hall–Kier alpha value is -3.39. The molecule has 0 aliphatic rings. The van der Waals surface area contributed by atoms with Crippen molar-refractivity contribution in [1.82, 2.24) is 9.88 Å². The Kier molecular flexibility index (Phi) is 8.59. The normalized spacial score (nSPS) is 11.7. The van der Waals surface area contributed by atoms with E-state index in [0.717, 1.165) is 16.1 Å². The van der Waals surface area contributed by atoms with Gasteiger partial charge >= 0.3 is 0 Å². The van der Waals surface area contributed by atoms with Crippen molar-refractivity contribution in [3.05, 3.63) is 111 Å². The fourth-order valence-electron chi connectivity index (χ4n) is 3.81. The van der Waals surface area contributed by atoms with Crippen molar-refractivity contribution in [3.63, 3.8) is 0 Å². The third-order valence-corrected chi connectivity index (χ3v) is 6.92. The van der Waals surface area contributed by atoms with Gasteiger partial charge in [0, 0.05) is 22.5 Å². The number of rotatable bonds is 10. The van der Waals surface area contributed by atoms with Crippen LogP contribution >= 0.6 is 22.9 Å². The van der Waals surface area contributed by atoms with Gasteiger partial charge in [-0.15, -0.1) is 11.3 Å². The van der Waals surface area contributed by atoms with Crippen molar-refractivity contribution in [2.45, 2.75) is 32.7 Å². The van der Waals surface area contributed by atoms with E-state index in [1.165, 1.54) is 11.3 Å². The molecule has 0 bridgehead atoms. The van der Waals surface area contributed by atoms with Gasteiger partial charge < -0.3 is 19.5 Å². The SMILES string of the molecule is COc1ccc(CN(C(=O)c2ccc(Cl)cc2)C(C)c2ccccc2)cc1OCc1nc(CO)cs1. The van der Waals surface area contributed by atoms with E-state index in [0.29, 0.717) is 34.3 Å². The van der Waals surface area contributed by atoms with Crippen LogP contribution in [0.1, 0.15) is 45.2 Å². The quantitative estimate of drug-likeness (QED) is 0.265. The molecule has 36 heavy (non-hydrogen) atoms. The first-order valence-electron chi connectivity index (χ1n) is 11.4. The Labute approximate surface area is 219 Å². The molecule has 0 fully saturated rings. The molecule has 1 atom stereocenters. The number of hydrogen-bond donors (Lipinski definition) is 1. The maximum atomic E-state index is 13.6. The molecule has 8 heteroatoms. The second kappa shape index (κ2) is 12.0. The van der Waals surface area contributed by atoms with E-state index in [9.17, 15) is 9.90 Å². The number of aromatic nitrogens is 1. The van der Waals surface area contributed by atoms with E-state index in [1.807, 2.05) is 60.4 Å². The number of carbonyl (C=O) groups is 1. The Bertz CT molecular complexity index is 1290. The molecule has 4 aromatic rings. The number of amides is 1. The third kappa shape index (κ3) is 6.23. The Balaban J connectivity index is 1.61. The topological polar surface area (TPSA) is 71.9 Å². The predicted octanol–water partition coefficient (Wildman–Crippen LogP) is 6.28. The van der Waals surface area contributed by atoms with Gasteiger partial charge in [-0.2, -0.15) is 0 Å². The van der Waals surface area contributed by atoms with Crippen molar-refractivity contribution < 1.29 is 19.4 Å². The van der Waals surface area contributed by atoms with Gasteiger partial charge in [0.05, 0.1) is 25.5 Å². The molecular formula is C28H27ClN2O4S. The monoisotopic (exact) mass is 522 g/mol. The van der Waals surface area contributed by atoms with Crippen molar-refractivity contribution in [3.8, 4) is 11.5 Å². The van der Waals surface area contributed by atoms with E-state index in [1.54, 1.807) is 36.8 Å². The van der Waals surface area contributed by atoms with Crippen LogP contribution in [0.15, 0.2) is 78.2 Å². The second-order valence-electron chi connectivity index (χ2n) is 8.19. The number of aliphatic hydroxyl groups excluding tert-OH is 1. The summed E-state index contributed by atoms with van der Waals surface area (Å²) in [4.78, 5) is 19.8. The van der Waals surface area contributed by atoms with Gasteiger partial charge in [0.15, 0.2) is 11.5 Å². The lowest BCUT2D eigenvalue weighted by Gasteiger charge is -2.30. The van der Waals surface area contributed by atoms with Crippen LogP contribution in [-0.2, 0) is 19.8 Å². The average molecular weight is 523 g/mol. The highest BCUT2D eigenvalue weighted by Crippen LogP contribution is 2.32. The molecule has 0 aliphatic carbocycles. The van der Waals surface area contributed by atoms with Crippen LogP contribution in [0.3, 0.4) is 0 Å². The first kappa shape index (κ1) is 25.7. The summed E-state index contributed by atoms with van der Waals surface area (Å²) in [6, 6.07) is 22.3. The third-order valence-electron chi connectivity index (χ3n) is 5.79. The van der Waals surface area contributed by atoms with E-state index < -0.39 is 0 Å². The molecule has 4 rings (SSSR count). The largest absolute Gasteiger partial charge is 0.493 e. The van der Waals surface area contributed by atoms with Gasteiger partial charge in [0.25, 0.3) is 5.91 Å². The molecule has 1 unspecified atom stereocenters. The summed E-state index contributed by atoms with van der Waals surface area (Å²) in [5.74, 6) is 1.05. The molecule has 0 saturated carbocycles. The van der Waals surface area contributed by atoms with E-state index in [-0.39, 0.29) is 25.2 Å². The minimum absolute atomic E-state index is 0.0966. The van der Waals surface area contributed by atoms with E-state index in [4.69, 9.17) is 21.1 Å². The maximum Gasteiger partial charge on any atom is 0.254 e. The van der Waals surface area contributed by atoms with Gasteiger partial charge in [-0.25, -0.2) is 4.98 Å².